The van der Waals surface area contributed by atoms with Gasteiger partial charge in [-0.3, -0.25) is 0 Å². The molecule has 0 aliphatic heterocycles. The summed E-state index contributed by atoms with van der Waals surface area (Å²) in [6, 6.07) is 13.7. The summed E-state index contributed by atoms with van der Waals surface area (Å²) in [6.07, 6.45) is 0. The van der Waals surface area contributed by atoms with Crippen molar-refractivity contribution in [3.8, 4) is 0 Å². The molecule has 0 amide bonds. The highest BCUT2D eigenvalue weighted by atomic mass is 35.5. The van der Waals surface area contributed by atoms with Crippen molar-refractivity contribution in [1.29, 1.82) is 0 Å². The molecule has 118 valence electrons. The summed E-state index contributed by atoms with van der Waals surface area (Å²) in [6.45, 7) is 2.17. The van der Waals surface area contributed by atoms with Crippen LogP contribution in [0.5, 0.6) is 0 Å². The Morgan fingerprint density at radius 3 is 2.45 bits per heavy atom. The van der Waals surface area contributed by atoms with Gasteiger partial charge < -0.3 is 0 Å². The van der Waals surface area contributed by atoms with Crippen LogP contribution in [0, 0.1) is 5.82 Å². The van der Waals surface area contributed by atoms with E-state index in [1.807, 2.05) is 37.3 Å². The minimum absolute atomic E-state index is 0.0102. The largest absolute Gasteiger partial charge is 0.215 e. The number of nitrogens with one attached hydrogen (secondary N) is 1. The van der Waals surface area contributed by atoms with Crippen molar-refractivity contribution in [1.82, 2.24) is 4.72 Å². The molecule has 0 aromatic heterocycles. The summed E-state index contributed by atoms with van der Waals surface area (Å²) in [4.78, 5) is 0. The molecule has 0 saturated carbocycles. The Bertz CT molecular complexity index is 715. The number of rotatable bonds is 6. The fourth-order valence-electron chi connectivity index (χ4n) is 2.06. The zero-order chi connectivity index (χ0) is 16.2. The van der Waals surface area contributed by atoms with Crippen molar-refractivity contribution in [2.75, 3.05) is 6.54 Å². The van der Waals surface area contributed by atoms with Crippen LogP contribution in [0.1, 0.15) is 24.0 Å². The van der Waals surface area contributed by atoms with Crippen LogP contribution in [-0.4, -0.2) is 15.0 Å². The van der Waals surface area contributed by atoms with Crippen LogP contribution in [0.3, 0.4) is 0 Å². The molecule has 1 N–H and O–H groups in total. The minimum Gasteiger partial charge on any atom is -0.214 e. The number of sulfonamides is 1. The SMILES string of the molecule is C[C@H](CNS(=O)(=O)Cc1c(F)cccc1Cl)c1ccccc1. The van der Waals surface area contributed by atoms with E-state index in [2.05, 4.69) is 4.72 Å². The first kappa shape index (κ1) is 16.9. The van der Waals surface area contributed by atoms with Crippen molar-refractivity contribution < 1.29 is 12.8 Å². The number of hydrogen-bond acceptors (Lipinski definition) is 2. The van der Waals surface area contributed by atoms with Crippen molar-refractivity contribution in [2.45, 2.75) is 18.6 Å². The molecule has 22 heavy (non-hydrogen) atoms. The van der Waals surface area contributed by atoms with Crippen LogP contribution in [0.4, 0.5) is 4.39 Å². The normalized spacial score (nSPS) is 13.0. The van der Waals surface area contributed by atoms with E-state index < -0.39 is 21.6 Å². The fraction of sp³-hybridized carbons (Fsp3) is 0.250. The third-order valence-electron chi connectivity index (χ3n) is 3.37. The molecule has 0 saturated heterocycles. The van der Waals surface area contributed by atoms with E-state index in [0.29, 0.717) is 0 Å². The minimum atomic E-state index is -3.66. The van der Waals surface area contributed by atoms with Gasteiger partial charge in [-0.2, -0.15) is 0 Å². The molecule has 3 nitrogen and oxygen atoms in total. The van der Waals surface area contributed by atoms with Crippen molar-refractivity contribution >= 4 is 21.6 Å². The molecule has 2 rings (SSSR count). The Morgan fingerprint density at radius 2 is 1.82 bits per heavy atom. The Hall–Kier alpha value is -1.43. The molecular weight excluding hydrogens is 325 g/mol. The average molecular weight is 342 g/mol. The molecule has 0 heterocycles. The van der Waals surface area contributed by atoms with Gasteiger partial charge in [0.1, 0.15) is 5.82 Å². The van der Waals surface area contributed by atoms with Gasteiger partial charge in [-0.1, -0.05) is 54.9 Å². The van der Waals surface area contributed by atoms with Gasteiger partial charge in [-0.05, 0) is 23.6 Å². The van der Waals surface area contributed by atoms with Crippen molar-refractivity contribution in [3.63, 3.8) is 0 Å². The van der Waals surface area contributed by atoms with E-state index in [1.165, 1.54) is 18.2 Å². The maximum atomic E-state index is 13.7. The quantitative estimate of drug-likeness (QED) is 0.870. The van der Waals surface area contributed by atoms with E-state index >= 15 is 0 Å². The van der Waals surface area contributed by atoms with Crippen LogP contribution < -0.4 is 4.72 Å². The zero-order valence-electron chi connectivity index (χ0n) is 12.1. The topological polar surface area (TPSA) is 46.2 Å². The van der Waals surface area contributed by atoms with Gasteiger partial charge in [0.05, 0.1) is 5.75 Å². The summed E-state index contributed by atoms with van der Waals surface area (Å²) in [5.41, 5.74) is 1.03. The standard InChI is InChI=1S/C16H17ClFNO2S/c1-12(13-6-3-2-4-7-13)10-19-22(20,21)11-14-15(17)8-5-9-16(14)18/h2-9,12,19H,10-11H2,1H3/t12-/m1/s1. The van der Waals surface area contributed by atoms with E-state index in [1.54, 1.807) is 0 Å². The Balaban J connectivity index is 2.03. The highest BCUT2D eigenvalue weighted by Gasteiger charge is 2.18. The van der Waals surface area contributed by atoms with E-state index in [4.69, 9.17) is 11.6 Å². The summed E-state index contributed by atoms with van der Waals surface area (Å²) in [5.74, 6) is -1.07. The number of halogens is 2. The fourth-order valence-corrected chi connectivity index (χ4v) is 3.65. The van der Waals surface area contributed by atoms with Gasteiger partial charge in [0.25, 0.3) is 0 Å². The lowest BCUT2D eigenvalue weighted by atomic mass is 10.0. The van der Waals surface area contributed by atoms with Crippen LogP contribution in [0.2, 0.25) is 5.02 Å². The Morgan fingerprint density at radius 1 is 1.14 bits per heavy atom. The molecule has 0 aliphatic carbocycles. The summed E-state index contributed by atoms with van der Waals surface area (Å²) < 4.78 is 40.4. The van der Waals surface area contributed by atoms with Crippen LogP contribution in [0.25, 0.3) is 0 Å². The molecule has 0 fully saturated rings. The van der Waals surface area contributed by atoms with Crippen LogP contribution >= 0.6 is 11.6 Å². The molecule has 0 bridgehead atoms. The first-order valence-corrected chi connectivity index (χ1v) is 8.87. The first-order chi connectivity index (χ1) is 10.4. The second kappa shape index (κ2) is 7.22. The summed E-state index contributed by atoms with van der Waals surface area (Å²) in [7, 11) is -3.66. The molecule has 0 unspecified atom stereocenters. The molecule has 0 aliphatic rings. The maximum Gasteiger partial charge on any atom is 0.215 e. The Labute approximate surface area is 135 Å². The lowest BCUT2D eigenvalue weighted by Crippen LogP contribution is -2.29. The molecule has 2 aromatic rings. The first-order valence-electron chi connectivity index (χ1n) is 6.84. The van der Waals surface area contributed by atoms with Gasteiger partial charge in [0.15, 0.2) is 0 Å². The third-order valence-corrected chi connectivity index (χ3v) is 5.00. The molecule has 0 spiro atoms. The molecule has 0 radical (unpaired) electrons. The summed E-state index contributed by atoms with van der Waals surface area (Å²) in [5, 5.41) is 0.112. The second-order valence-corrected chi connectivity index (χ2v) is 7.33. The van der Waals surface area contributed by atoms with Gasteiger partial charge >= 0.3 is 0 Å². The van der Waals surface area contributed by atoms with E-state index in [9.17, 15) is 12.8 Å². The zero-order valence-corrected chi connectivity index (χ0v) is 13.7. The molecule has 2 aromatic carbocycles. The van der Waals surface area contributed by atoms with Gasteiger partial charge in [0.2, 0.25) is 10.0 Å². The summed E-state index contributed by atoms with van der Waals surface area (Å²) >= 11 is 5.86. The highest BCUT2D eigenvalue weighted by Crippen LogP contribution is 2.21. The highest BCUT2D eigenvalue weighted by molar-refractivity contribution is 7.88. The van der Waals surface area contributed by atoms with E-state index in [-0.39, 0.29) is 23.0 Å². The maximum absolute atomic E-state index is 13.7. The third kappa shape index (κ3) is 4.53. The van der Waals surface area contributed by atoms with Gasteiger partial charge in [0, 0.05) is 17.1 Å². The lowest BCUT2D eigenvalue weighted by Gasteiger charge is -2.14. The van der Waals surface area contributed by atoms with Crippen molar-refractivity contribution in [3.05, 3.63) is 70.5 Å². The number of benzene rings is 2. The van der Waals surface area contributed by atoms with Crippen LogP contribution in [0.15, 0.2) is 48.5 Å². The van der Waals surface area contributed by atoms with Gasteiger partial charge in [-0.25, -0.2) is 17.5 Å². The molecule has 1 atom stereocenters. The monoisotopic (exact) mass is 341 g/mol. The number of hydrogen-bond donors (Lipinski definition) is 1. The lowest BCUT2D eigenvalue weighted by molar-refractivity contribution is 0.569. The van der Waals surface area contributed by atoms with Gasteiger partial charge in [-0.15, -0.1) is 0 Å². The molecule has 6 heteroatoms. The van der Waals surface area contributed by atoms with E-state index in [0.717, 1.165) is 5.56 Å². The Kier molecular flexibility index (Phi) is 5.56. The van der Waals surface area contributed by atoms with Crippen LogP contribution in [-0.2, 0) is 15.8 Å². The van der Waals surface area contributed by atoms with Crippen molar-refractivity contribution in [2.24, 2.45) is 0 Å². The molecular formula is C16H17ClFNO2S. The predicted octanol–water partition coefficient (Wildman–Crippen LogP) is 3.70. The smallest absolute Gasteiger partial charge is 0.214 e. The predicted molar refractivity (Wildman–Crippen MR) is 86.9 cm³/mol. The average Bonchev–Trinajstić information content (AvgIpc) is 2.50. The second-order valence-electron chi connectivity index (χ2n) is 5.12.